The van der Waals surface area contributed by atoms with Crippen molar-refractivity contribution < 1.29 is 33.4 Å². The van der Waals surface area contributed by atoms with E-state index in [0.717, 1.165) is 5.56 Å². The lowest BCUT2D eigenvalue weighted by atomic mass is 9.43. The highest BCUT2D eigenvalue weighted by Gasteiger charge is 2.67. The average Bonchev–Trinajstić information content (AvgIpc) is 3.18. The molecule has 3 fully saturated rings. The van der Waals surface area contributed by atoms with Crippen LogP contribution in [0.1, 0.15) is 51.2 Å². The lowest BCUT2D eigenvalue weighted by molar-refractivity contribution is -0.207. The zero-order chi connectivity index (χ0) is 20.3. The number of furan rings is 1. The summed E-state index contributed by atoms with van der Waals surface area (Å²) in [6.07, 6.45) is 2.88. The number of esters is 2. The van der Waals surface area contributed by atoms with Crippen molar-refractivity contribution in [3.63, 3.8) is 0 Å². The van der Waals surface area contributed by atoms with Crippen molar-refractivity contribution >= 4 is 17.7 Å². The van der Waals surface area contributed by atoms with Gasteiger partial charge in [0, 0.05) is 11.5 Å². The van der Waals surface area contributed by atoms with Gasteiger partial charge in [0.2, 0.25) is 0 Å². The van der Waals surface area contributed by atoms with Crippen molar-refractivity contribution in [2.75, 3.05) is 7.11 Å². The molecule has 152 valence electrons. The first-order valence-corrected chi connectivity index (χ1v) is 9.74. The van der Waals surface area contributed by atoms with E-state index in [9.17, 15) is 19.5 Å². The van der Waals surface area contributed by atoms with Gasteiger partial charge in [-0.15, -0.1) is 0 Å². The summed E-state index contributed by atoms with van der Waals surface area (Å²) in [6.45, 7) is 3.86. The first-order chi connectivity index (χ1) is 13.2. The van der Waals surface area contributed by atoms with Crippen molar-refractivity contribution in [2.24, 2.45) is 28.6 Å². The number of Topliss-reactive ketones (excluding diaryl/α,β-unsaturated/α-hetero) is 1. The summed E-state index contributed by atoms with van der Waals surface area (Å²) >= 11 is 0. The quantitative estimate of drug-likeness (QED) is 0.774. The Kier molecular flexibility index (Phi) is 4.41. The Hall–Kier alpha value is -2.15. The van der Waals surface area contributed by atoms with E-state index < -0.39 is 46.8 Å². The van der Waals surface area contributed by atoms with Crippen molar-refractivity contribution in [3.05, 3.63) is 24.2 Å². The van der Waals surface area contributed by atoms with E-state index in [1.165, 1.54) is 13.4 Å². The smallest absolute Gasteiger partial charge is 0.310 e. The van der Waals surface area contributed by atoms with Gasteiger partial charge in [-0.1, -0.05) is 13.8 Å². The zero-order valence-corrected chi connectivity index (χ0v) is 16.3. The summed E-state index contributed by atoms with van der Waals surface area (Å²) in [5, 5.41) is 10.5. The molecular weight excluding hydrogens is 364 g/mol. The monoisotopic (exact) mass is 390 g/mol. The number of carbonyl (C=O) groups is 3. The van der Waals surface area contributed by atoms with Gasteiger partial charge in [0.25, 0.3) is 0 Å². The maximum Gasteiger partial charge on any atom is 0.310 e. The highest BCUT2D eigenvalue weighted by molar-refractivity contribution is 5.91. The number of fused-ring (bicyclic) bond motifs is 3. The van der Waals surface area contributed by atoms with Gasteiger partial charge < -0.3 is 19.0 Å². The van der Waals surface area contributed by atoms with Gasteiger partial charge in [-0.2, -0.15) is 0 Å². The normalized spacial score (nSPS) is 42.9. The molecule has 7 atom stereocenters. The SMILES string of the molecule is COC(=O)[C@@H]1C[C@H](O)C(=O)[C@H]2[C@@]1(C)CCC1C(=O)OC(c3ccoc3)C[C@@]12C. The predicted molar refractivity (Wildman–Crippen MR) is 95.7 cm³/mol. The number of cyclic esters (lactones) is 1. The fourth-order valence-electron chi connectivity index (χ4n) is 6.17. The number of carbonyl (C=O) groups excluding carboxylic acids is 3. The van der Waals surface area contributed by atoms with Gasteiger partial charge >= 0.3 is 11.9 Å². The van der Waals surface area contributed by atoms with E-state index >= 15 is 0 Å². The number of hydrogen-bond donors (Lipinski definition) is 1. The van der Waals surface area contributed by atoms with Crippen LogP contribution in [0.25, 0.3) is 0 Å². The molecule has 0 radical (unpaired) electrons. The molecule has 2 unspecified atom stereocenters. The highest BCUT2D eigenvalue weighted by atomic mass is 16.5. The third-order valence-electron chi connectivity index (χ3n) is 7.52. The summed E-state index contributed by atoms with van der Waals surface area (Å²) in [6, 6.07) is 1.75. The molecule has 3 aliphatic rings. The van der Waals surface area contributed by atoms with Crippen LogP contribution < -0.4 is 0 Å². The van der Waals surface area contributed by atoms with Crippen LogP contribution in [0, 0.1) is 28.6 Å². The lowest BCUT2D eigenvalue weighted by Crippen LogP contribution is -2.64. The Morgan fingerprint density at radius 2 is 2.04 bits per heavy atom. The van der Waals surface area contributed by atoms with E-state index in [1.54, 1.807) is 12.3 Å². The molecule has 1 aliphatic heterocycles. The summed E-state index contributed by atoms with van der Waals surface area (Å²) in [5.41, 5.74) is -0.656. The molecule has 0 spiro atoms. The van der Waals surface area contributed by atoms with E-state index in [-0.39, 0.29) is 18.2 Å². The lowest BCUT2D eigenvalue weighted by Gasteiger charge is -2.60. The second kappa shape index (κ2) is 6.44. The Bertz CT molecular complexity index is 800. The van der Waals surface area contributed by atoms with E-state index in [0.29, 0.717) is 19.3 Å². The number of ether oxygens (including phenoxy) is 2. The number of hydrogen-bond acceptors (Lipinski definition) is 7. The minimum atomic E-state index is -1.23. The third kappa shape index (κ3) is 2.55. The van der Waals surface area contributed by atoms with Crippen LogP contribution in [0.4, 0.5) is 0 Å². The molecule has 1 N–H and O–H groups in total. The molecule has 0 amide bonds. The summed E-state index contributed by atoms with van der Waals surface area (Å²) < 4.78 is 15.8. The molecule has 1 aromatic rings. The van der Waals surface area contributed by atoms with Crippen LogP contribution in [0.5, 0.6) is 0 Å². The number of ketones is 1. The Labute approximate surface area is 163 Å². The van der Waals surface area contributed by atoms with Crippen molar-refractivity contribution in [3.8, 4) is 0 Å². The summed E-state index contributed by atoms with van der Waals surface area (Å²) in [7, 11) is 1.32. The molecule has 7 nitrogen and oxygen atoms in total. The van der Waals surface area contributed by atoms with Crippen molar-refractivity contribution in [1.29, 1.82) is 0 Å². The maximum atomic E-state index is 13.2. The summed E-state index contributed by atoms with van der Waals surface area (Å²) in [4.78, 5) is 38.6. The number of aliphatic hydroxyl groups is 1. The van der Waals surface area contributed by atoms with Crippen LogP contribution in [0.3, 0.4) is 0 Å². The van der Waals surface area contributed by atoms with Crippen LogP contribution in [0.2, 0.25) is 0 Å². The second-order valence-electron chi connectivity index (χ2n) is 8.95. The first-order valence-electron chi connectivity index (χ1n) is 9.74. The Morgan fingerprint density at radius 1 is 1.29 bits per heavy atom. The molecule has 28 heavy (non-hydrogen) atoms. The average molecular weight is 390 g/mol. The van der Waals surface area contributed by atoms with Gasteiger partial charge in [-0.05, 0) is 42.6 Å². The zero-order valence-electron chi connectivity index (χ0n) is 16.3. The number of rotatable bonds is 2. The first kappa shape index (κ1) is 19.2. The van der Waals surface area contributed by atoms with Gasteiger partial charge in [0.05, 0.1) is 31.5 Å². The van der Waals surface area contributed by atoms with Crippen LogP contribution in [-0.2, 0) is 23.9 Å². The minimum Gasteiger partial charge on any atom is -0.472 e. The van der Waals surface area contributed by atoms with E-state index in [2.05, 4.69) is 0 Å². The molecule has 2 aliphatic carbocycles. The molecule has 1 aromatic heterocycles. The van der Waals surface area contributed by atoms with Crippen LogP contribution in [-0.4, -0.2) is 36.0 Å². The molecule has 2 heterocycles. The van der Waals surface area contributed by atoms with Gasteiger partial charge in [0.1, 0.15) is 12.2 Å². The predicted octanol–water partition coefficient (Wildman–Crippen LogP) is 2.43. The highest BCUT2D eigenvalue weighted by Crippen LogP contribution is 2.64. The molecule has 1 saturated heterocycles. The fraction of sp³-hybridized carbons (Fsp3) is 0.667. The largest absolute Gasteiger partial charge is 0.472 e. The van der Waals surface area contributed by atoms with Gasteiger partial charge in [-0.25, -0.2) is 0 Å². The van der Waals surface area contributed by atoms with Crippen molar-refractivity contribution in [1.82, 2.24) is 0 Å². The van der Waals surface area contributed by atoms with Crippen LogP contribution in [0.15, 0.2) is 23.0 Å². The van der Waals surface area contributed by atoms with E-state index in [4.69, 9.17) is 13.9 Å². The van der Waals surface area contributed by atoms with Crippen molar-refractivity contribution in [2.45, 2.75) is 51.7 Å². The fourth-order valence-corrected chi connectivity index (χ4v) is 6.17. The Balaban J connectivity index is 1.79. The molecule has 0 aromatic carbocycles. The Morgan fingerprint density at radius 3 is 2.68 bits per heavy atom. The molecular formula is C21H26O7. The van der Waals surface area contributed by atoms with Gasteiger partial charge in [-0.3, -0.25) is 14.4 Å². The van der Waals surface area contributed by atoms with E-state index in [1.807, 2.05) is 13.8 Å². The number of methoxy groups -OCH3 is 1. The third-order valence-corrected chi connectivity index (χ3v) is 7.52. The van der Waals surface area contributed by atoms with Gasteiger partial charge in [0.15, 0.2) is 5.78 Å². The standard InChI is InChI=1S/C21H26O7/c1-20-6-4-12-19(25)28-15(11-5-7-27-10-11)9-21(12,2)17(20)16(23)14(22)8-13(20)18(24)26-3/h5,7,10,12-15,17,22H,4,6,8-9H2,1-3H3/t12?,13-,14-,15?,17-,20-,21-/m0/s1. The topological polar surface area (TPSA) is 103 Å². The second-order valence-corrected chi connectivity index (χ2v) is 8.95. The molecule has 7 heteroatoms. The minimum absolute atomic E-state index is 0.0643. The van der Waals surface area contributed by atoms with Crippen LogP contribution >= 0.6 is 0 Å². The molecule has 4 rings (SSSR count). The molecule has 2 saturated carbocycles. The maximum absolute atomic E-state index is 13.2. The number of aliphatic hydroxyl groups excluding tert-OH is 1. The summed E-state index contributed by atoms with van der Waals surface area (Å²) in [5.74, 6) is -2.68. The molecule has 0 bridgehead atoms.